The summed E-state index contributed by atoms with van der Waals surface area (Å²) in [7, 11) is 1.62. The van der Waals surface area contributed by atoms with Gasteiger partial charge in [-0.3, -0.25) is 4.79 Å². The van der Waals surface area contributed by atoms with E-state index in [-0.39, 0.29) is 12.6 Å². The lowest BCUT2D eigenvalue weighted by molar-refractivity contribution is -0.138. The van der Waals surface area contributed by atoms with E-state index in [4.69, 9.17) is 15.6 Å². The van der Waals surface area contributed by atoms with Gasteiger partial charge in [-0.05, 0) is 18.1 Å². The predicted molar refractivity (Wildman–Crippen MR) is 61.3 cm³/mol. The molecule has 1 aromatic rings. The van der Waals surface area contributed by atoms with E-state index in [1.165, 1.54) is 0 Å². The lowest BCUT2D eigenvalue weighted by Crippen LogP contribution is -2.21. The minimum absolute atomic E-state index is 0.0489. The molecular formula is C12H17NO3. The van der Waals surface area contributed by atoms with Gasteiger partial charge in [0.05, 0.1) is 12.0 Å². The van der Waals surface area contributed by atoms with Crippen molar-refractivity contribution in [1.29, 1.82) is 0 Å². The number of hydrogen-bond acceptors (Lipinski definition) is 3. The third-order valence-corrected chi connectivity index (χ3v) is 2.67. The Bertz CT molecular complexity index is 365. The maximum atomic E-state index is 11.0. The van der Waals surface area contributed by atoms with E-state index in [1.54, 1.807) is 13.2 Å². The first-order valence-electron chi connectivity index (χ1n) is 5.15. The Balaban J connectivity index is 3.01. The molecule has 0 saturated carbocycles. The van der Waals surface area contributed by atoms with Gasteiger partial charge in [0.25, 0.3) is 0 Å². The highest BCUT2D eigenvalue weighted by atomic mass is 16.5. The van der Waals surface area contributed by atoms with Gasteiger partial charge < -0.3 is 15.6 Å². The van der Waals surface area contributed by atoms with Crippen LogP contribution in [-0.4, -0.2) is 24.7 Å². The van der Waals surface area contributed by atoms with Crippen LogP contribution in [0.25, 0.3) is 0 Å². The Morgan fingerprint density at radius 3 is 2.62 bits per heavy atom. The molecule has 0 fully saturated rings. The van der Waals surface area contributed by atoms with Gasteiger partial charge in [-0.15, -0.1) is 0 Å². The summed E-state index contributed by atoms with van der Waals surface area (Å²) >= 11 is 0. The van der Waals surface area contributed by atoms with E-state index in [0.29, 0.717) is 0 Å². The van der Waals surface area contributed by atoms with Gasteiger partial charge in [0.2, 0.25) is 0 Å². The molecule has 0 heterocycles. The third-order valence-electron chi connectivity index (χ3n) is 2.67. The minimum Gasteiger partial charge on any atom is -0.481 e. The van der Waals surface area contributed by atoms with Crippen molar-refractivity contribution in [3.63, 3.8) is 0 Å². The van der Waals surface area contributed by atoms with Crippen LogP contribution in [0.3, 0.4) is 0 Å². The van der Waals surface area contributed by atoms with Gasteiger partial charge in [-0.1, -0.05) is 24.3 Å². The van der Waals surface area contributed by atoms with Crippen LogP contribution in [0, 0.1) is 0 Å². The summed E-state index contributed by atoms with van der Waals surface area (Å²) in [6.45, 7) is 2.01. The molecule has 2 unspecified atom stereocenters. The maximum absolute atomic E-state index is 11.0. The van der Waals surface area contributed by atoms with E-state index < -0.39 is 11.9 Å². The first-order valence-corrected chi connectivity index (χ1v) is 5.15. The Morgan fingerprint density at radius 2 is 2.12 bits per heavy atom. The van der Waals surface area contributed by atoms with E-state index >= 15 is 0 Å². The summed E-state index contributed by atoms with van der Waals surface area (Å²) in [6, 6.07) is 7.34. The van der Waals surface area contributed by atoms with Crippen molar-refractivity contribution in [3.8, 4) is 0 Å². The first kappa shape index (κ1) is 12.7. The lowest BCUT2D eigenvalue weighted by atomic mass is 9.96. The van der Waals surface area contributed by atoms with Crippen molar-refractivity contribution >= 4 is 5.97 Å². The van der Waals surface area contributed by atoms with Gasteiger partial charge in [-0.25, -0.2) is 0 Å². The van der Waals surface area contributed by atoms with Crippen LogP contribution >= 0.6 is 0 Å². The fourth-order valence-corrected chi connectivity index (χ4v) is 1.54. The Labute approximate surface area is 95.0 Å². The van der Waals surface area contributed by atoms with E-state index in [9.17, 15) is 4.79 Å². The molecule has 16 heavy (non-hydrogen) atoms. The SMILES string of the molecule is COC(C)c1cccc(C(CN)C(=O)O)c1. The van der Waals surface area contributed by atoms with E-state index in [1.807, 2.05) is 25.1 Å². The second-order valence-electron chi connectivity index (χ2n) is 3.67. The van der Waals surface area contributed by atoms with Gasteiger partial charge in [0.1, 0.15) is 0 Å². The molecule has 1 rings (SSSR count). The molecule has 0 bridgehead atoms. The fourth-order valence-electron chi connectivity index (χ4n) is 1.54. The van der Waals surface area contributed by atoms with Crippen molar-refractivity contribution in [2.24, 2.45) is 5.73 Å². The largest absolute Gasteiger partial charge is 0.481 e. The minimum atomic E-state index is -0.898. The number of benzene rings is 1. The molecule has 0 aromatic heterocycles. The van der Waals surface area contributed by atoms with Gasteiger partial charge in [0, 0.05) is 13.7 Å². The van der Waals surface area contributed by atoms with Crippen molar-refractivity contribution < 1.29 is 14.6 Å². The van der Waals surface area contributed by atoms with Crippen LogP contribution in [0.15, 0.2) is 24.3 Å². The summed E-state index contributed by atoms with van der Waals surface area (Å²) < 4.78 is 5.19. The molecule has 0 aliphatic heterocycles. The molecule has 0 amide bonds. The predicted octanol–water partition coefficient (Wildman–Crippen LogP) is 1.52. The number of carboxylic acid groups (broad SMARTS) is 1. The number of hydrogen-bond donors (Lipinski definition) is 2. The lowest BCUT2D eigenvalue weighted by Gasteiger charge is -2.14. The normalized spacial score (nSPS) is 14.4. The number of aliphatic carboxylic acids is 1. The molecule has 3 N–H and O–H groups in total. The molecule has 0 spiro atoms. The number of nitrogens with two attached hydrogens (primary N) is 1. The number of carboxylic acids is 1. The van der Waals surface area contributed by atoms with Crippen LogP contribution in [0.2, 0.25) is 0 Å². The smallest absolute Gasteiger partial charge is 0.312 e. The highest BCUT2D eigenvalue weighted by molar-refractivity contribution is 5.76. The van der Waals surface area contributed by atoms with Crippen molar-refractivity contribution in [2.45, 2.75) is 18.9 Å². The summed E-state index contributed by atoms with van der Waals surface area (Å²) in [5.74, 6) is -1.55. The third kappa shape index (κ3) is 2.81. The topological polar surface area (TPSA) is 72.5 Å². The summed E-state index contributed by atoms with van der Waals surface area (Å²) in [6.07, 6.45) is -0.0489. The average Bonchev–Trinajstić information content (AvgIpc) is 2.29. The second kappa shape index (κ2) is 5.63. The van der Waals surface area contributed by atoms with E-state index in [2.05, 4.69) is 0 Å². The molecule has 0 aliphatic rings. The average molecular weight is 223 g/mol. The van der Waals surface area contributed by atoms with Crippen LogP contribution in [0.5, 0.6) is 0 Å². The summed E-state index contributed by atoms with van der Waals surface area (Å²) in [5.41, 5.74) is 7.13. The highest BCUT2D eigenvalue weighted by Gasteiger charge is 2.18. The number of ether oxygens (including phenoxy) is 1. The second-order valence-corrected chi connectivity index (χ2v) is 3.67. The van der Waals surface area contributed by atoms with Crippen molar-refractivity contribution in [2.75, 3.05) is 13.7 Å². The molecular weight excluding hydrogens is 206 g/mol. The Morgan fingerprint density at radius 1 is 1.50 bits per heavy atom. The Hall–Kier alpha value is -1.39. The molecule has 0 radical (unpaired) electrons. The van der Waals surface area contributed by atoms with Gasteiger partial charge in [-0.2, -0.15) is 0 Å². The van der Waals surface area contributed by atoms with Crippen LogP contribution in [-0.2, 0) is 9.53 Å². The van der Waals surface area contributed by atoms with Crippen LogP contribution < -0.4 is 5.73 Å². The van der Waals surface area contributed by atoms with Crippen molar-refractivity contribution in [3.05, 3.63) is 35.4 Å². The summed E-state index contributed by atoms with van der Waals surface area (Å²) in [5, 5.41) is 9.00. The van der Waals surface area contributed by atoms with E-state index in [0.717, 1.165) is 11.1 Å². The fraction of sp³-hybridized carbons (Fsp3) is 0.417. The molecule has 4 heteroatoms. The molecule has 4 nitrogen and oxygen atoms in total. The van der Waals surface area contributed by atoms with Gasteiger partial charge >= 0.3 is 5.97 Å². The quantitative estimate of drug-likeness (QED) is 0.793. The molecule has 1 aromatic carbocycles. The first-order chi connectivity index (χ1) is 7.60. The molecule has 0 saturated heterocycles. The zero-order valence-electron chi connectivity index (χ0n) is 9.51. The maximum Gasteiger partial charge on any atom is 0.312 e. The summed E-state index contributed by atoms with van der Waals surface area (Å²) in [4.78, 5) is 11.0. The number of methoxy groups -OCH3 is 1. The molecule has 0 aliphatic carbocycles. The molecule has 2 atom stereocenters. The Kier molecular flexibility index (Phi) is 4.46. The van der Waals surface area contributed by atoms with Crippen LogP contribution in [0.1, 0.15) is 30.1 Å². The highest BCUT2D eigenvalue weighted by Crippen LogP contribution is 2.21. The van der Waals surface area contributed by atoms with Gasteiger partial charge in [0.15, 0.2) is 0 Å². The number of rotatable bonds is 5. The molecule has 88 valence electrons. The number of carbonyl (C=O) groups is 1. The van der Waals surface area contributed by atoms with Crippen LogP contribution in [0.4, 0.5) is 0 Å². The zero-order chi connectivity index (χ0) is 12.1. The monoisotopic (exact) mass is 223 g/mol. The van der Waals surface area contributed by atoms with Crippen molar-refractivity contribution in [1.82, 2.24) is 0 Å². The standard InChI is InChI=1S/C12H17NO3/c1-8(16-2)9-4-3-5-10(6-9)11(7-13)12(14)15/h3-6,8,11H,7,13H2,1-2H3,(H,14,15). The zero-order valence-corrected chi connectivity index (χ0v) is 9.51.